The van der Waals surface area contributed by atoms with E-state index in [-0.39, 0.29) is 5.56 Å². The van der Waals surface area contributed by atoms with Crippen LogP contribution in [0.4, 0.5) is 0 Å². The molecule has 0 fully saturated rings. The summed E-state index contributed by atoms with van der Waals surface area (Å²) < 4.78 is 12.3. The van der Waals surface area contributed by atoms with E-state index in [0.29, 0.717) is 39.8 Å². The minimum Gasteiger partial charge on any atom is -0.493 e. The molecular formula is C19H19ClN2O3S. The lowest BCUT2D eigenvalue weighted by Crippen LogP contribution is -2.25. The quantitative estimate of drug-likeness (QED) is 0.591. The molecule has 26 heavy (non-hydrogen) atoms. The van der Waals surface area contributed by atoms with Gasteiger partial charge in [-0.2, -0.15) is 0 Å². The first kappa shape index (κ1) is 18.6. The minimum atomic E-state index is -0.0786. The highest BCUT2D eigenvalue weighted by molar-refractivity contribution is 7.99. The SMILES string of the molecule is COc1cc2nc(C)n(CCSc3ccc(Cl)cc3)c(=O)c2cc1OC. The Balaban J connectivity index is 1.88. The second-order valence-corrected chi connectivity index (χ2v) is 7.25. The number of aromatic nitrogens is 2. The maximum Gasteiger partial charge on any atom is 0.261 e. The van der Waals surface area contributed by atoms with Crippen LogP contribution in [0.5, 0.6) is 11.5 Å². The van der Waals surface area contributed by atoms with Crippen molar-refractivity contribution in [3.63, 3.8) is 0 Å². The number of methoxy groups -OCH3 is 2. The predicted molar refractivity (Wildman–Crippen MR) is 106 cm³/mol. The summed E-state index contributed by atoms with van der Waals surface area (Å²) in [5, 5.41) is 1.23. The summed E-state index contributed by atoms with van der Waals surface area (Å²) in [5.41, 5.74) is 0.525. The molecule has 0 aliphatic carbocycles. The number of rotatable bonds is 6. The van der Waals surface area contributed by atoms with Crippen LogP contribution in [0, 0.1) is 6.92 Å². The van der Waals surface area contributed by atoms with Crippen LogP contribution in [0.15, 0.2) is 46.1 Å². The zero-order valence-electron chi connectivity index (χ0n) is 14.8. The topological polar surface area (TPSA) is 53.4 Å². The minimum absolute atomic E-state index is 0.0786. The highest BCUT2D eigenvalue weighted by Crippen LogP contribution is 2.30. The van der Waals surface area contributed by atoms with E-state index >= 15 is 0 Å². The molecule has 2 aromatic carbocycles. The summed E-state index contributed by atoms with van der Waals surface area (Å²) in [6.07, 6.45) is 0. The number of hydrogen-bond donors (Lipinski definition) is 0. The Morgan fingerprint density at radius 2 is 1.77 bits per heavy atom. The molecule has 1 aromatic heterocycles. The fraction of sp³-hybridized carbons (Fsp3) is 0.263. The van der Waals surface area contributed by atoms with Crippen LogP contribution < -0.4 is 15.0 Å². The Bertz CT molecular complexity index is 987. The Labute approximate surface area is 160 Å². The highest BCUT2D eigenvalue weighted by Gasteiger charge is 2.13. The molecule has 0 radical (unpaired) electrons. The first-order chi connectivity index (χ1) is 12.5. The zero-order valence-corrected chi connectivity index (χ0v) is 16.4. The van der Waals surface area contributed by atoms with Gasteiger partial charge in [-0.1, -0.05) is 11.6 Å². The van der Waals surface area contributed by atoms with E-state index in [0.717, 1.165) is 10.6 Å². The lowest BCUT2D eigenvalue weighted by molar-refractivity contribution is 0.355. The lowest BCUT2D eigenvalue weighted by Gasteiger charge is -2.13. The number of fused-ring (bicyclic) bond motifs is 1. The van der Waals surface area contributed by atoms with Crippen LogP contribution in [0.3, 0.4) is 0 Å². The third-order valence-corrected chi connectivity index (χ3v) is 5.29. The van der Waals surface area contributed by atoms with Gasteiger partial charge in [0, 0.05) is 28.3 Å². The molecule has 0 saturated carbocycles. The fourth-order valence-electron chi connectivity index (χ4n) is 2.71. The first-order valence-electron chi connectivity index (χ1n) is 8.05. The van der Waals surface area contributed by atoms with Crippen molar-refractivity contribution in [2.24, 2.45) is 0 Å². The number of benzene rings is 2. The van der Waals surface area contributed by atoms with Gasteiger partial charge in [0.05, 0.1) is 25.1 Å². The smallest absolute Gasteiger partial charge is 0.261 e. The third kappa shape index (κ3) is 3.81. The van der Waals surface area contributed by atoms with Gasteiger partial charge in [-0.15, -0.1) is 11.8 Å². The second-order valence-electron chi connectivity index (χ2n) is 5.64. The van der Waals surface area contributed by atoms with Gasteiger partial charge in [-0.3, -0.25) is 9.36 Å². The number of ether oxygens (including phenoxy) is 2. The van der Waals surface area contributed by atoms with E-state index in [1.807, 2.05) is 31.2 Å². The van der Waals surface area contributed by atoms with Crippen molar-refractivity contribution in [1.82, 2.24) is 9.55 Å². The molecule has 3 rings (SSSR count). The molecule has 7 heteroatoms. The molecule has 5 nitrogen and oxygen atoms in total. The van der Waals surface area contributed by atoms with Crippen LogP contribution in [-0.4, -0.2) is 29.5 Å². The van der Waals surface area contributed by atoms with E-state index in [1.54, 1.807) is 42.7 Å². The summed E-state index contributed by atoms with van der Waals surface area (Å²) >= 11 is 7.57. The van der Waals surface area contributed by atoms with Crippen LogP contribution in [0.1, 0.15) is 5.82 Å². The van der Waals surface area contributed by atoms with E-state index in [9.17, 15) is 4.79 Å². The van der Waals surface area contributed by atoms with Crippen molar-refractivity contribution in [3.8, 4) is 11.5 Å². The summed E-state index contributed by atoms with van der Waals surface area (Å²) in [6, 6.07) is 11.1. The Morgan fingerprint density at radius 1 is 1.12 bits per heavy atom. The van der Waals surface area contributed by atoms with Gasteiger partial charge >= 0.3 is 0 Å². The number of nitrogens with zero attached hydrogens (tertiary/aromatic N) is 2. The zero-order chi connectivity index (χ0) is 18.7. The highest BCUT2D eigenvalue weighted by atomic mass is 35.5. The lowest BCUT2D eigenvalue weighted by atomic mass is 10.2. The van der Waals surface area contributed by atoms with E-state index in [1.165, 1.54) is 0 Å². The number of thioether (sulfide) groups is 1. The van der Waals surface area contributed by atoms with Crippen LogP contribution in [0.2, 0.25) is 5.02 Å². The van der Waals surface area contributed by atoms with Crippen molar-refractivity contribution < 1.29 is 9.47 Å². The largest absolute Gasteiger partial charge is 0.493 e. The molecule has 0 spiro atoms. The van der Waals surface area contributed by atoms with Gasteiger partial charge in [0.25, 0.3) is 5.56 Å². The molecule has 0 amide bonds. The summed E-state index contributed by atoms with van der Waals surface area (Å²) in [6.45, 7) is 2.40. The molecular weight excluding hydrogens is 372 g/mol. The number of halogens is 1. The van der Waals surface area contributed by atoms with Crippen LogP contribution in [-0.2, 0) is 6.54 Å². The Kier molecular flexibility index (Phi) is 5.74. The molecule has 0 atom stereocenters. The van der Waals surface area contributed by atoms with Gasteiger partial charge in [0.2, 0.25) is 0 Å². The average Bonchev–Trinajstić information content (AvgIpc) is 2.65. The average molecular weight is 391 g/mol. The monoisotopic (exact) mass is 390 g/mol. The molecule has 0 N–H and O–H groups in total. The third-order valence-electron chi connectivity index (χ3n) is 4.05. The molecule has 0 unspecified atom stereocenters. The van der Waals surface area contributed by atoms with Gasteiger partial charge < -0.3 is 9.47 Å². The van der Waals surface area contributed by atoms with Gasteiger partial charge in [0.15, 0.2) is 11.5 Å². The van der Waals surface area contributed by atoms with Crippen LogP contribution in [0.25, 0.3) is 10.9 Å². The maximum atomic E-state index is 12.9. The van der Waals surface area contributed by atoms with Crippen molar-refractivity contribution in [1.29, 1.82) is 0 Å². The molecule has 0 aliphatic heterocycles. The van der Waals surface area contributed by atoms with E-state index < -0.39 is 0 Å². The first-order valence-corrected chi connectivity index (χ1v) is 9.41. The standard InChI is InChI=1S/C19H19ClN2O3S/c1-12-21-16-11-18(25-3)17(24-2)10-15(16)19(23)22(12)8-9-26-14-6-4-13(20)5-7-14/h4-7,10-11H,8-9H2,1-3H3. The Morgan fingerprint density at radius 3 is 2.42 bits per heavy atom. The van der Waals surface area contributed by atoms with Crippen LogP contribution >= 0.6 is 23.4 Å². The van der Waals surface area contributed by atoms with Crippen molar-refractivity contribution in [2.45, 2.75) is 18.4 Å². The summed E-state index contributed by atoms with van der Waals surface area (Å²) in [5.74, 6) is 2.50. The van der Waals surface area contributed by atoms with Crippen molar-refractivity contribution in [3.05, 3.63) is 57.6 Å². The summed E-state index contributed by atoms with van der Waals surface area (Å²) in [4.78, 5) is 18.6. The van der Waals surface area contributed by atoms with Gasteiger partial charge in [-0.05, 0) is 37.3 Å². The molecule has 1 heterocycles. The molecule has 3 aromatic rings. The molecule has 136 valence electrons. The molecule has 0 aliphatic rings. The van der Waals surface area contributed by atoms with Gasteiger partial charge in [0.1, 0.15) is 5.82 Å². The predicted octanol–water partition coefficient (Wildman–Crippen LogP) is 4.17. The van der Waals surface area contributed by atoms with E-state index in [2.05, 4.69) is 4.98 Å². The summed E-state index contributed by atoms with van der Waals surface area (Å²) in [7, 11) is 3.11. The number of aryl methyl sites for hydroxylation is 1. The maximum absolute atomic E-state index is 12.9. The normalized spacial score (nSPS) is 10.9. The van der Waals surface area contributed by atoms with E-state index in [4.69, 9.17) is 21.1 Å². The van der Waals surface area contributed by atoms with Crippen molar-refractivity contribution >= 4 is 34.3 Å². The fourth-order valence-corrected chi connectivity index (χ4v) is 3.67. The Hall–Kier alpha value is -2.18. The molecule has 0 saturated heterocycles. The number of hydrogen-bond acceptors (Lipinski definition) is 5. The molecule has 0 bridgehead atoms. The second kappa shape index (κ2) is 8.01. The van der Waals surface area contributed by atoms with Crippen molar-refractivity contribution in [2.75, 3.05) is 20.0 Å². The van der Waals surface area contributed by atoms with Gasteiger partial charge in [-0.25, -0.2) is 4.98 Å².